The molecule has 0 bridgehead atoms. The number of rotatable bonds is 4. The first-order valence-electron chi connectivity index (χ1n) is 6.14. The molecule has 0 aliphatic rings. The van der Waals surface area contributed by atoms with E-state index in [9.17, 15) is 0 Å². The molecule has 96 valence electrons. The highest BCUT2D eigenvalue weighted by molar-refractivity contribution is 5.36. The van der Waals surface area contributed by atoms with Gasteiger partial charge in [0.25, 0.3) is 0 Å². The maximum absolute atomic E-state index is 5.96. The zero-order valence-corrected chi connectivity index (χ0v) is 12.2. The van der Waals surface area contributed by atoms with Crippen molar-refractivity contribution in [3.63, 3.8) is 0 Å². The maximum Gasteiger partial charge on any atom is 0.00493 e. The standard InChI is InChI=1S/C16H27N/c1-8-9-12(2)13(3)10-11-15(14(4)17)16(5,6)7/h8-10H,2,11,17H2,1,3-7H3/b9-8-,13-10-,15-14-. The Labute approximate surface area is 107 Å². The molecule has 0 rings (SSSR count). The molecule has 0 spiro atoms. The van der Waals surface area contributed by atoms with E-state index < -0.39 is 0 Å². The molecule has 0 aromatic heterocycles. The van der Waals surface area contributed by atoms with E-state index in [2.05, 4.69) is 40.3 Å². The second-order valence-corrected chi connectivity index (χ2v) is 5.53. The van der Waals surface area contributed by atoms with Crippen LogP contribution in [-0.2, 0) is 0 Å². The van der Waals surface area contributed by atoms with Gasteiger partial charge in [0.05, 0.1) is 0 Å². The Morgan fingerprint density at radius 1 is 1.24 bits per heavy atom. The molecule has 17 heavy (non-hydrogen) atoms. The Morgan fingerprint density at radius 2 is 1.76 bits per heavy atom. The lowest BCUT2D eigenvalue weighted by Crippen LogP contribution is -2.14. The van der Waals surface area contributed by atoms with Crippen LogP contribution in [0.15, 0.2) is 47.2 Å². The Bertz CT molecular complexity index is 355. The molecule has 1 nitrogen and oxygen atoms in total. The number of hydrogen-bond donors (Lipinski definition) is 1. The van der Waals surface area contributed by atoms with Crippen molar-refractivity contribution in [3.05, 3.63) is 47.2 Å². The van der Waals surface area contributed by atoms with E-state index in [1.165, 1.54) is 11.1 Å². The third-order valence-corrected chi connectivity index (χ3v) is 2.87. The number of hydrogen-bond acceptors (Lipinski definition) is 1. The fourth-order valence-corrected chi connectivity index (χ4v) is 1.78. The van der Waals surface area contributed by atoms with Crippen LogP contribution in [0.3, 0.4) is 0 Å². The topological polar surface area (TPSA) is 26.0 Å². The van der Waals surface area contributed by atoms with Crippen LogP contribution in [0.25, 0.3) is 0 Å². The van der Waals surface area contributed by atoms with Crippen LogP contribution < -0.4 is 5.73 Å². The minimum Gasteiger partial charge on any atom is -0.402 e. The van der Waals surface area contributed by atoms with Gasteiger partial charge in [-0.25, -0.2) is 0 Å². The highest BCUT2D eigenvalue weighted by Gasteiger charge is 2.17. The maximum atomic E-state index is 5.96. The van der Waals surface area contributed by atoms with Gasteiger partial charge in [-0.3, -0.25) is 0 Å². The van der Waals surface area contributed by atoms with Gasteiger partial charge in [0.2, 0.25) is 0 Å². The molecule has 0 aliphatic heterocycles. The van der Waals surface area contributed by atoms with E-state index in [0.717, 1.165) is 17.7 Å². The third kappa shape index (κ3) is 5.58. The fraction of sp³-hybridized carbons (Fsp3) is 0.500. The first-order valence-corrected chi connectivity index (χ1v) is 6.14. The van der Waals surface area contributed by atoms with Crippen LogP contribution in [0.2, 0.25) is 0 Å². The summed E-state index contributed by atoms with van der Waals surface area (Å²) in [6.45, 7) is 16.7. The second kappa shape index (κ2) is 6.48. The van der Waals surface area contributed by atoms with E-state index in [-0.39, 0.29) is 5.41 Å². The van der Waals surface area contributed by atoms with Crippen LogP contribution in [0.5, 0.6) is 0 Å². The Balaban J connectivity index is 4.92. The highest BCUT2D eigenvalue weighted by Crippen LogP contribution is 2.30. The van der Waals surface area contributed by atoms with E-state index in [4.69, 9.17) is 5.73 Å². The summed E-state index contributed by atoms with van der Waals surface area (Å²) in [5, 5.41) is 0. The molecule has 0 aromatic rings. The minimum atomic E-state index is 0.123. The van der Waals surface area contributed by atoms with Crippen LogP contribution in [-0.4, -0.2) is 0 Å². The number of allylic oxidation sites excluding steroid dienone is 7. The average Bonchev–Trinajstić information content (AvgIpc) is 2.15. The zero-order valence-electron chi connectivity index (χ0n) is 12.2. The van der Waals surface area contributed by atoms with E-state index >= 15 is 0 Å². The monoisotopic (exact) mass is 233 g/mol. The Morgan fingerprint density at radius 3 is 2.12 bits per heavy atom. The molecule has 1 heteroatoms. The van der Waals surface area contributed by atoms with E-state index in [0.29, 0.717) is 0 Å². The summed E-state index contributed by atoms with van der Waals surface area (Å²) in [5.74, 6) is 0. The van der Waals surface area contributed by atoms with Gasteiger partial charge in [0, 0.05) is 5.70 Å². The van der Waals surface area contributed by atoms with Crippen molar-refractivity contribution in [2.24, 2.45) is 11.1 Å². The van der Waals surface area contributed by atoms with E-state index in [1.54, 1.807) is 0 Å². The van der Waals surface area contributed by atoms with Gasteiger partial charge in [0.15, 0.2) is 0 Å². The molecule has 0 radical (unpaired) electrons. The van der Waals surface area contributed by atoms with Crippen LogP contribution >= 0.6 is 0 Å². The molecule has 0 saturated heterocycles. The molecular weight excluding hydrogens is 206 g/mol. The van der Waals surface area contributed by atoms with Gasteiger partial charge < -0.3 is 5.73 Å². The van der Waals surface area contributed by atoms with Crippen molar-refractivity contribution < 1.29 is 0 Å². The lowest BCUT2D eigenvalue weighted by molar-refractivity contribution is 0.487. The highest BCUT2D eigenvalue weighted by atomic mass is 14.6. The quantitative estimate of drug-likeness (QED) is 0.698. The summed E-state index contributed by atoms with van der Waals surface area (Å²) in [6.07, 6.45) is 7.14. The first-order chi connectivity index (χ1) is 7.70. The van der Waals surface area contributed by atoms with Gasteiger partial charge in [-0.2, -0.15) is 0 Å². The first kappa shape index (κ1) is 15.8. The minimum absolute atomic E-state index is 0.123. The fourth-order valence-electron chi connectivity index (χ4n) is 1.78. The summed E-state index contributed by atoms with van der Waals surface area (Å²) in [5.41, 5.74) is 10.6. The molecule has 0 amide bonds. The normalized spacial score (nSPS) is 15.1. The summed E-state index contributed by atoms with van der Waals surface area (Å²) >= 11 is 0. The van der Waals surface area contributed by atoms with Crippen LogP contribution in [0.1, 0.15) is 48.0 Å². The predicted molar refractivity (Wildman–Crippen MR) is 78.7 cm³/mol. The smallest absolute Gasteiger partial charge is 0.00493 e. The molecule has 0 aliphatic carbocycles. The van der Waals surface area contributed by atoms with Crippen molar-refractivity contribution in [3.8, 4) is 0 Å². The average molecular weight is 233 g/mol. The van der Waals surface area contributed by atoms with Gasteiger partial charge in [0.1, 0.15) is 0 Å². The summed E-state index contributed by atoms with van der Waals surface area (Å²) in [4.78, 5) is 0. The van der Waals surface area contributed by atoms with E-state index in [1.807, 2.05) is 26.0 Å². The SMILES string of the molecule is C=C(/C=C\C)/C(C)=C\C/C(=C(\C)N)C(C)(C)C. The lowest BCUT2D eigenvalue weighted by Gasteiger charge is -2.24. The van der Waals surface area contributed by atoms with Crippen molar-refractivity contribution >= 4 is 0 Å². The van der Waals surface area contributed by atoms with Crippen molar-refractivity contribution in [1.82, 2.24) is 0 Å². The van der Waals surface area contributed by atoms with Gasteiger partial charge >= 0.3 is 0 Å². The Hall–Kier alpha value is -1.24. The molecule has 0 aromatic carbocycles. The van der Waals surface area contributed by atoms with Crippen molar-refractivity contribution in [2.45, 2.75) is 48.0 Å². The summed E-state index contributed by atoms with van der Waals surface area (Å²) in [6, 6.07) is 0. The molecule has 0 unspecified atom stereocenters. The lowest BCUT2D eigenvalue weighted by atomic mass is 9.83. The van der Waals surface area contributed by atoms with Gasteiger partial charge in [-0.05, 0) is 49.3 Å². The number of nitrogens with two attached hydrogens (primary N) is 1. The summed E-state index contributed by atoms with van der Waals surface area (Å²) < 4.78 is 0. The second-order valence-electron chi connectivity index (χ2n) is 5.53. The molecule has 0 fully saturated rings. The van der Waals surface area contributed by atoms with Gasteiger partial charge in [-0.15, -0.1) is 0 Å². The molecule has 0 saturated carbocycles. The molecular formula is C16H27N. The van der Waals surface area contributed by atoms with Crippen LogP contribution in [0.4, 0.5) is 0 Å². The van der Waals surface area contributed by atoms with Crippen molar-refractivity contribution in [2.75, 3.05) is 0 Å². The van der Waals surface area contributed by atoms with Crippen LogP contribution in [0, 0.1) is 5.41 Å². The zero-order chi connectivity index (χ0) is 13.6. The third-order valence-electron chi connectivity index (χ3n) is 2.87. The predicted octanol–water partition coefficient (Wildman–Crippen LogP) is 4.73. The molecule has 2 N–H and O–H groups in total. The molecule has 0 heterocycles. The van der Waals surface area contributed by atoms with Crippen molar-refractivity contribution in [1.29, 1.82) is 0 Å². The van der Waals surface area contributed by atoms with Gasteiger partial charge in [-0.1, -0.05) is 45.6 Å². The Kier molecular flexibility index (Phi) is 6.01. The summed E-state index contributed by atoms with van der Waals surface area (Å²) in [7, 11) is 0. The molecule has 0 atom stereocenters. The largest absolute Gasteiger partial charge is 0.402 e.